The molecule has 0 aromatic carbocycles. The molecule has 3 aromatic rings. The number of furan rings is 2. The topological polar surface area (TPSA) is 96.8 Å². The van der Waals surface area contributed by atoms with Crippen molar-refractivity contribution in [2.45, 2.75) is 32.6 Å². The molecule has 4 rings (SSSR count). The van der Waals surface area contributed by atoms with Crippen molar-refractivity contribution in [2.24, 2.45) is 5.10 Å². The summed E-state index contributed by atoms with van der Waals surface area (Å²) in [5, 5.41) is 9.22. The Bertz CT molecular complexity index is 1030. The Labute approximate surface area is 171 Å². The van der Waals surface area contributed by atoms with E-state index < -0.39 is 5.91 Å². The van der Waals surface area contributed by atoms with E-state index in [0.717, 1.165) is 36.1 Å². The first-order valence-electron chi connectivity index (χ1n) is 9.47. The number of carbonyl (C=O) groups excluding carboxylic acids is 2. The molecule has 29 heavy (non-hydrogen) atoms. The van der Waals surface area contributed by atoms with Crippen LogP contribution in [-0.2, 0) is 12.8 Å². The molecular weight excluding hydrogens is 390 g/mol. The van der Waals surface area contributed by atoms with Crippen LogP contribution in [0.15, 0.2) is 49.8 Å². The van der Waals surface area contributed by atoms with Crippen molar-refractivity contribution in [2.75, 3.05) is 6.54 Å². The van der Waals surface area contributed by atoms with Crippen LogP contribution in [0.4, 0.5) is 0 Å². The smallest absolute Gasteiger partial charge is 0.307 e. The van der Waals surface area contributed by atoms with Gasteiger partial charge in [0.25, 0.3) is 5.91 Å². The first-order valence-corrected chi connectivity index (χ1v) is 10.3. The summed E-state index contributed by atoms with van der Waals surface area (Å²) in [6.45, 7) is 2.40. The minimum absolute atomic E-state index is 0.195. The summed E-state index contributed by atoms with van der Waals surface area (Å²) in [4.78, 5) is 25.9. The van der Waals surface area contributed by atoms with E-state index in [9.17, 15) is 9.59 Å². The zero-order valence-corrected chi connectivity index (χ0v) is 16.8. The number of rotatable bonds is 6. The maximum absolute atomic E-state index is 12.6. The second-order valence-corrected chi connectivity index (χ2v) is 7.80. The first kappa shape index (κ1) is 19.2. The zero-order chi connectivity index (χ0) is 20.2. The number of nitrogens with one attached hydrogen (secondary N) is 2. The molecule has 0 saturated heterocycles. The Kier molecular flexibility index (Phi) is 5.62. The van der Waals surface area contributed by atoms with Crippen LogP contribution >= 0.6 is 11.3 Å². The third-order valence-electron chi connectivity index (χ3n) is 4.81. The summed E-state index contributed by atoms with van der Waals surface area (Å²) in [5.74, 6) is 0.603. The molecule has 0 aliphatic heterocycles. The predicted octanol–water partition coefficient (Wildman–Crippen LogP) is 3.69. The molecule has 3 aromatic heterocycles. The summed E-state index contributed by atoms with van der Waals surface area (Å²) in [6, 6.07) is 7.26. The fourth-order valence-electron chi connectivity index (χ4n) is 3.41. The van der Waals surface area contributed by atoms with Crippen molar-refractivity contribution in [1.29, 1.82) is 0 Å². The van der Waals surface area contributed by atoms with E-state index >= 15 is 0 Å². The molecule has 7 nitrogen and oxygen atoms in total. The van der Waals surface area contributed by atoms with Gasteiger partial charge in [0.05, 0.1) is 12.0 Å². The van der Waals surface area contributed by atoms with Crippen molar-refractivity contribution < 1.29 is 18.4 Å². The summed E-state index contributed by atoms with van der Waals surface area (Å²) in [7, 11) is 0. The number of hydrogen-bond donors (Lipinski definition) is 2. The van der Waals surface area contributed by atoms with Crippen LogP contribution in [0, 0.1) is 6.92 Å². The van der Waals surface area contributed by atoms with Gasteiger partial charge < -0.3 is 14.2 Å². The Morgan fingerprint density at radius 2 is 2.10 bits per heavy atom. The van der Waals surface area contributed by atoms with Gasteiger partial charge >= 0.3 is 5.91 Å². The van der Waals surface area contributed by atoms with Gasteiger partial charge in [0.1, 0.15) is 5.76 Å². The van der Waals surface area contributed by atoms with E-state index in [1.54, 1.807) is 23.5 Å². The second-order valence-electron chi connectivity index (χ2n) is 6.77. The van der Waals surface area contributed by atoms with Crippen LogP contribution < -0.4 is 10.7 Å². The number of hydrazone groups is 1. The van der Waals surface area contributed by atoms with Gasteiger partial charge in [0, 0.05) is 29.0 Å². The molecule has 0 atom stereocenters. The third-order valence-corrected chi connectivity index (χ3v) is 5.74. The minimum Gasteiger partial charge on any atom is -0.459 e. The summed E-state index contributed by atoms with van der Waals surface area (Å²) >= 11 is 1.67. The molecular formula is C21H21N3O4S. The fourth-order valence-corrected chi connectivity index (χ4v) is 4.12. The number of amides is 2. The van der Waals surface area contributed by atoms with Gasteiger partial charge in [0.2, 0.25) is 0 Å². The number of hydrogen-bond acceptors (Lipinski definition) is 6. The van der Waals surface area contributed by atoms with E-state index in [4.69, 9.17) is 8.83 Å². The number of aryl methyl sites for hydroxylation is 1. The lowest BCUT2D eigenvalue weighted by Crippen LogP contribution is -2.26. The van der Waals surface area contributed by atoms with Gasteiger partial charge in [0.15, 0.2) is 11.5 Å². The highest BCUT2D eigenvalue weighted by molar-refractivity contribution is 7.09. The third kappa shape index (κ3) is 4.17. The van der Waals surface area contributed by atoms with Crippen molar-refractivity contribution in [3.05, 3.63) is 69.2 Å². The lowest BCUT2D eigenvalue weighted by atomic mass is 9.93. The molecule has 0 unspecified atom stereocenters. The maximum atomic E-state index is 12.6. The van der Waals surface area contributed by atoms with Crippen molar-refractivity contribution in [3.8, 4) is 0 Å². The van der Waals surface area contributed by atoms with Gasteiger partial charge in [-0.25, -0.2) is 5.43 Å². The highest BCUT2D eigenvalue weighted by Crippen LogP contribution is 2.29. The van der Waals surface area contributed by atoms with Crippen LogP contribution in [0.25, 0.3) is 0 Å². The molecule has 3 heterocycles. The second kappa shape index (κ2) is 8.48. The predicted molar refractivity (Wildman–Crippen MR) is 109 cm³/mol. The largest absolute Gasteiger partial charge is 0.459 e. The monoisotopic (exact) mass is 411 g/mol. The Morgan fingerprint density at radius 1 is 1.21 bits per heavy atom. The molecule has 1 aliphatic rings. The normalized spacial score (nSPS) is 14.6. The van der Waals surface area contributed by atoms with Crippen molar-refractivity contribution in [3.63, 3.8) is 0 Å². The summed E-state index contributed by atoms with van der Waals surface area (Å²) in [5.41, 5.74) is 4.81. The molecule has 0 saturated carbocycles. The van der Waals surface area contributed by atoms with E-state index in [2.05, 4.69) is 15.8 Å². The number of fused-ring (bicyclic) bond motifs is 1. The van der Waals surface area contributed by atoms with Crippen molar-refractivity contribution in [1.82, 2.24) is 10.7 Å². The van der Waals surface area contributed by atoms with Gasteiger partial charge in [-0.2, -0.15) is 5.10 Å². The molecule has 0 fully saturated rings. The average molecular weight is 411 g/mol. The van der Waals surface area contributed by atoms with Crippen LogP contribution in [0.1, 0.15) is 55.7 Å². The highest BCUT2D eigenvalue weighted by Gasteiger charge is 2.28. The van der Waals surface area contributed by atoms with Crippen LogP contribution in [0.5, 0.6) is 0 Å². The molecule has 8 heteroatoms. The van der Waals surface area contributed by atoms with Gasteiger partial charge in [-0.1, -0.05) is 6.07 Å². The Balaban J connectivity index is 1.47. The zero-order valence-electron chi connectivity index (χ0n) is 16.0. The van der Waals surface area contributed by atoms with Crippen LogP contribution in [-0.4, -0.2) is 24.1 Å². The molecule has 1 aliphatic carbocycles. The molecule has 150 valence electrons. The molecule has 0 spiro atoms. The maximum Gasteiger partial charge on any atom is 0.307 e. The summed E-state index contributed by atoms with van der Waals surface area (Å²) < 4.78 is 11.0. The Morgan fingerprint density at radius 3 is 2.86 bits per heavy atom. The van der Waals surface area contributed by atoms with E-state index in [1.807, 2.05) is 24.4 Å². The molecule has 0 bridgehead atoms. The van der Waals surface area contributed by atoms with E-state index in [0.29, 0.717) is 24.4 Å². The average Bonchev–Trinajstić information content (AvgIpc) is 3.48. The standard InChI is InChI=1S/C21H21N3O4S/c1-13-18-15(23-24-20(25)17-8-3-11-27-17)6-2-7-16(18)28-19(13)21(26)22-10-9-14-5-4-12-29-14/h3-5,8,11-12H,2,6-7,9-10H2,1H3,(H,22,26)(H,24,25)/b23-15+. The Hall–Kier alpha value is -3.13. The van der Waals surface area contributed by atoms with E-state index in [1.165, 1.54) is 11.1 Å². The van der Waals surface area contributed by atoms with E-state index in [-0.39, 0.29) is 11.7 Å². The van der Waals surface area contributed by atoms with Crippen LogP contribution in [0.2, 0.25) is 0 Å². The fraction of sp³-hybridized carbons (Fsp3) is 0.286. The highest BCUT2D eigenvalue weighted by atomic mass is 32.1. The lowest BCUT2D eigenvalue weighted by Gasteiger charge is -2.13. The summed E-state index contributed by atoms with van der Waals surface area (Å²) in [6.07, 6.45) is 4.50. The minimum atomic E-state index is -0.415. The number of nitrogens with zero attached hydrogens (tertiary/aromatic N) is 1. The number of carbonyl (C=O) groups is 2. The quantitative estimate of drug-likeness (QED) is 0.605. The molecule has 2 amide bonds. The van der Waals surface area contributed by atoms with Gasteiger partial charge in [-0.05, 0) is 49.8 Å². The molecule has 0 radical (unpaired) electrons. The molecule has 2 N–H and O–H groups in total. The van der Waals surface area contributed by atoms with Crippen LogP contribution in [0.3, 0.4) is 0 Å². The number of thiophene rings is 1. The van der Waals surface area contributed by atoms with Crippen molar-refractivity contribution >= 4 is 28.9 Å². The first-order chi connectivity index (χ1) is 14.1. The van der Waals surface area contributed by atoms with Gasteiger partial charge in [-0.3, -0.25) is 9.59 Å². The SMILES string of the molecule is Cc1c(C(=O)NCCc2cccs2)oc2c1/C(=N/NC(=O)c1ccco1)CCC2. The van der Waals surface area contributed by atoms with Gasteiger partial charge in [-0.15, -0.1) is 11.3 Å². The lowest BCUT2D eigenvalue weighted by molar-refractivity contribution is 0.0918.